The van der Waals surface area contributed by atoms with E-state index in [2.05, 4.69) is 69.4 Å². The molecule has 0 aliphatic heterocycles. The van der Waals surface area contributed by atoms with Crippen molar-refractivity contribution in [2.24, 2.45) is 5.73 Å². The first kappa shape index (κ1) is 19.6. The predicted molar refractivity (Wildman–Crippen MR) is 123 cm³/mol. The van der Waals surface area contributed by atoms with Crippen molar-refractivity contribution in [3.8, 4) is 11.8 Å². The number of nitrogens with zero attached hydrogens (tertiary/aromatic N) is 1. The maximum atomic E-state index is 11.2. The summed E-state index contributed by atoms with van der Waals surface area (Å²) in [6.45, 7) is 0.452. The number of hydrogen-bond acceptors (Lipinski definition) is 3. The van der Waals surface area contributed by atoms with Crippen molar-refractivity contribution in [3.63, 3.8) is 0 Å². The fourth-order valence-electron chi connectivity index (χ4n) is 2.69. The van der Waals surface area contributed by atoms with Gasteiger partial charge >= 0.3 is 0 Å². The molecule has 0 atom stereocenters. The van der Waals surface area contributed by atoms with Gasteiger partial charge in [-0.05, 0) is 85.3 Å². The Morgan fingerprint density at radius 2 is 1.78 bits per heavy atom. The average Bonchev–Trinajstić information content (AvgIpc) is 2.65. The summed E-state index contributed by atoms with van der Waals surface area (Å²) >= 11 is 4.38. The van der Waals surface area contributed by atoms with Crippen molar-refractivity contribution >= 4 is 67.9 Å². The second kappa shape index (κ2) is 8.71. The monoisotopic (exact) mass is 580 g/mol. The molecule has 0 saturated carbocycles. The molecule has 3 aromatic carbocycles. The smallest absolute Gasteiger partial charge is 0.259 e. The zero-order chi connectivity index (χ0) is 19.4. The van der Waals surface area contributed by atoms with E-state index in [-0.39, 0.29) is 5.57 Å². The van der Waals surface area contributed by atoms with Gasteiger partial charge in [-0.25, -0.2) is 0 Å². The number of carbonyl (C=O) groups excluding carboxylic acids is 1. The maximum absolute atomic E-state index is 11.2. The second-order valence-corrected chi connectivity index (χ2v) is 8.10. The van der Waals surface area contributed by atoms with Crippen LogP contribution in [0.4, 0.5) is 0 Å². The first-order valence-corrected chi connectivity index (χ1v) is 10.2. The van der Waals surface area contributed by atoms with Crippen molar-refractivity contribution in [1.29, 1.82) is 5.26 Å². The molecule has 0 saturated heterocycles. The van der Waals surface area contributed by atoms with E-state index in [0.717, 1.165) is 24.0 Å². The van der Waals surface area contributed by atoms with Crippen molar-refractivity contribution in [2.45, 2.75) is 6.61 Å². The molecule has 3 aromatic rings. The van der Waals surface area contributed by atoms with E-state index in [1.165, 1.54) is 16.8 Å². The minimum atomic E-state index is -0.737. The molecule has 6 heteroatoms. The van der Waals surface area contributed by atoms with Gasteiger partial charge in [0, 0.05) is 0 Å². The highest BCUT2D eigenvalue weighted by Crippen LogP contribution is 2.31. The van der Waals surface area contributed by atoms with Crippen LogP contribution in [-0.2, 0) is 11.4 Å². The Balaban J connectivity index is 1.88. The SMILES string of the molecule is N#C/C(=C/c1cc(I)c(OCc2cccc3ccccc23)c(I)c1)C(N)=O. The summed E-state index contributed by atoms with van der Waals surface area (Å²) in [5.74, 6) is 0.0395. The third-order valence-corrected chi connectivity index (χ3v) is 5.57. The molecule has 0 fully saturated rings. The first-order chi connectivity index (χ1) is 13.0. The Morgan fingerprint density at radius 1 is 1.11 bits per heavy atom. The number of benzene rings is 3. The van der Waals surface area contributed by atoms with Gasteiger partial charge in [0.1, 0.15) is 24.0 Å². The van der Waals surface area contributed by atoms with Gasteiger partial charge in [-0.1, -0.05) is 42.5 Å². The summed E-state index contributed by atoms with van der Waals surface area (Å²) in [6, 6.07) is 19.9. The van der Waals surface area contributed by atoms with E-state index in [9.17, 15) is 4.79 Å². The number of amides is 1. The van der Waals surface area contributed by atoms with Crippen molar-refractivity contribution < 1.29 is 9.53 Å². The highest BCUT2D eigenvalue weighted by atomic mass is 127. The van der Waals surface area contributed by atoms with Crippen LogP contribution in [0.25, 0.3) is 16.8 Å². The molecule has 0 aromatic heterocycles. The maximum Gasteiger partial charge on any atom is 0.259 e. The molecule has 0 aliphatic rings. The van der Waals surface area contributed by atoms with E-state index in [1.807, 2.05) is 36.4 Å². The van der Waals surface area contributed by atoms with Crippen molar-refractivity contribution in [2.75, 3.05) is 0 Å². The fraction of sp³-hybridized carbons (Fsp3) is 0.0476. The number of ether oxygens (including phenoxy) is 1. The Bertz CT molecular complexity index is 1070. The zero-order valence-corrected chi connectivity index (χ0v) is 18.4. The summed E-state index contributed by atoms with van der Waals surface area (Å²) < 4.78 is 7.90. The van der Waals surface area contributed by atoms with Crippen LogP contribution in [0.5, 0.6) is 5.75 Å². The molecule has 0 spiro atoms. The molecule has 0 bridgehead atoms. The standard InChI is InChI=1S/C21H14I2N2O2/c22-18-9-13(8-16(11-24)21(25)26)10-19(23)20(18)27-12-15-6-3-5-14-4-1-2-7-17(14)15/h1-10H,12H2,(H2,25,26)/b16-8-. The highest BCUT2D eigenvalue weighted by molar-refractivity contribution is 14.1. The summed E-state index contributed by atoms with van der Waals surface area (Å²) in [5.41, 5.74) is 6.97. The van der Waals surface area contributed by atoms with Gasteiger partial charge in [-0.15, -0.1) is 0 Å². The van der Waals surface area contributed by atoms with E-state index < -0.39 is 5.91 Å². The third-order valence-electron chi connectivity index (χ3n) is 3.97. The van der Waals surface area contributed by atoms with Gasteiger partial charge in [-0.3, -0.25) is 4.79 Å². The van der Waals surface area contributed by atoms with E-state index in [4.69, 9.17) is 15.7 Å². The lowest BCUT2D eigenvalue weighted by atomic mass is 10.1. The van der Waals surface area contributed by atoms with Crippen LogP contribution in [-0.4, -0.2) is 5.91 Å². The van der Waals surface area contributed by atoms with E-state index in [0.29, 0.717) is 6.61 Å². The first-order valence-electron chi connectivity index (χ1n) is 7.99. The minimum absolute atomic E-state index is 0.0778. The number of fused-ring (bicyclic) bond motifs is 1. The Labute approximate surface area is 184 Å². The summed E-state index contributed by atoms with van der Waals surface area (Å²) in [7, 11) is 0. The van der Waals surface area contributed by atoms with Crippen molar-refractivity contribution in [3.05, 3.63) is 78.4 Å². The van der Waals surface area contributed by atoms with Gasteiger partial charge in [0.25, 0.3) is 5.91 Å². The number of nitriles is 1. The molecular formula is C21H14I2N2O2. The van der Waals surface area contributed by atoms with E-state index in [1.54, 1.807) is 0 Å². The lowest BCUT2D eigenvalue weighted by Crippen LogP contribution is -2.12. The van der Waals surface area contributed by atoms with E-state index >= 15 is 0 Å². The molecule has 0 unspecified atom stereocenters. The molecule has 0 heterocycles. The average molecular weight is 580 g/mol. The molecule has 0 aliphatic carbocycles. The molecule has 0 radical (unpaired) electrons. The summed E-state index contributed by atoms with van der Waals surface area (Å²) in [4.78, 5) is 11.2. The topological polar surface area (TPSA) is 76.1 Å². The molecular weight excluding hydrogens is 566 g/mol. The van der Waals surface area contributed by atoms with Gasteiger partial charge in [0.15, 0.2) is 0 Å². The Morgan fingerprint density at radius 3 is 2.44 bits per heavy atom. The lowest BCUT2D eigenvalue weighted by molar-refractivity contribution is -0.114. The fourth-order valence-corrected chi connectivity index (χ4v) is 4.82. The van der Waals surface area contributed by atoms with Gasteiger partial charge in [-0.2, -0.15) is 5.26 Å². The van der Waals surface area contributed by atoms with Crippen LogP contribution in [0.1, 0.15) is 11.1 Å². The van der Waals surface area contributed by atoms with Gasteiger partial charge < -0.3 is 10.5 Å². The van der Waals surface area contributed by atoms with Crippen LogP contribution < -0.4 is 10.5 Å². The molecule has 2 N–H and O–H groups in total. The Kier molecular flexibility index (Phi) is 6.34. The molecule has 134 valence electrons. The number of carbonyl (C=O) groups is 1. The highest BCUT2D eigenvalue weighted by Gasteiger charge is 2.11. The van der Waals surface area contributed by atoms with Crippen molar-refractivity contribution in [1.82, 2.24) is 0 Å². The van der Waals surface area contributed by atoms with Gasteiger partial charge in [0.2, 0.25) is 0 Å². The van der Waals surface area contributed by atoms with Crippen LogP contribution >= 0.6 is 45.2 Å². The zero-order valence-electron chi connectivity index (χ0n) is 14.1. The number of primary amides is 1. The number of halogens is 2. The van der Waals surface area contributed by atoms with Crippen LogP contribution in [0, 0.1) is 18.5 Å². The lowest BCUT2D eigenvalue weighted by Gasteiger charge is -2.13. The molecule has 3 rings (SSSR count). The van der Waals surface area contributed by atoms with Crippen LogP contribution in [0.3, 0.4) is 0 Å². The second-order valence-electron chi connectivity index (χ2n) is 5.77. The number of nitrogens with two attached hydrogens (primary N) is 1. The number of rotatable bonds is 5. The summed E-state index contributed by atoms with van der Waals surface area (Å²) in [6.07, 6.45) is 1.49. The normalized spacial score (nSPS) is 11.2. The minimum Gasteiger partial charge on any atom is -0.487 e. The molecule has 27 heavy (non-hydrogen) atoms. The third kappa shape index (κ3) is 4.59. The van der Waals surface area contributed by atoms with Gasteiger partial charge in [0.05, 0.1) is 7.14 Å². The quantitative estimate of drug-likeness (QED) is 0.262. The number of hydrogen-bond donors (Lipinski definition) is 1. The largest absolute Gasteiger partial charge is 0.487 e. The molecule has 1 amide bonds. The predicted octanol–water partition coefficient (Wildman–Crippen LogP) is 5.02. The summed E-state index contributed by atoms with van der Waals surface area (Å²) in [5, 5.41) is 11.4. The molecule has 4 nitrogen and oxygen atoms in total. The Hall–Kier alpha value is -2.12. The van der Waals surface area contributed by atoms with Crippen LogP contribution in [0.2, 0.25) is 0 Å². The van der Waals surface area contributed by atoms with Crippen LogP contribution in [0.15, 0.2) is 60.2 Å².